The van der Waals surface area contributed by atoms with E-state index in [0.717, 1.165) is 0 Å². The van der Waals surface area contributed by atoms with Crippen LogP contribution in [-0.2, 0) is 19.1 Å². The van der Waals surface area contributed by atoms with Gasteiger partial charge in [0.15, 0.2) is 0 Å². The van der Waals surface area contributed by atoms with Crippen LogP contribution in [-0.4, -0.2) is 39.5 Å². The maximum Gasteiger partial charge on any atom is 0.329 e. The van der Waals surface area contributed by atoms with E-state index >= 15 is 0 Å². The first-order valence-electron chi connectivity index (χ1n) is 6.75. The second-order valence-electron chi connectivity index (χ2n) is 4.96. The van der Waals surface area contributed by atoms with Crippen LogP contribution < -0.4 is 11.2 Å². The molecule has 1 aromatic heterocycles. The summed E-state index contributed by atoms with van der Waals surface area (Å²) in [6.07, 6.45) is 1.38. The average molecular weight is 454 g/mol. The van der Waals surface area contributed by atoms with Crippen LogP contribution in [0.5, 0.6) is 0 Å². The Balaban J connectivity index is 2.23. The molecule has 23 heavy (non-hydrogen) atoms. The van der Waals surface area contributed by atoms with E-state index < -0.39 is 29.3 Å². The van der Waals surface area contributed by atoms with E-state index in [1.54, 1.807) is 0 Å². The van der Waals surface area contributed by atoms with Crippen molar-refractivity contribution in [1.29, 1.82) is 0 Å². The number of hydrogen-bond acceptors (Lipinski definition) is 7. The van der Waals surface area contributed by atoms with Crippen LogP contribution >= 0.6 is 34.4 Å². The molecule has 0 unspecified atom stereocenters. The molecule has 0 aliphatic carbocycles. The number of nitrogens with one attached hydrogen (secondary N) is 1. The van der Waals surface area contributed by atoms with Gasteiger partial charge in [0.1, 0.15) is 12.7 Å². The number of carbonyl (C=O) groups excluding carboxylic acids is 2. The van der Waals surface area contributed by atoms with E-state index in [2.05, 4.69) is 4.98 Å². The van der Waals surface area contributed by atoms with E-state index in [1.807, 2.05) is 22.6 Å². The van der Waals surface area contributed by atoms with Crippen LogP contribution in [0.2, 0.25) is 0 Å². The first kappa shape index (κ1) is 18.0. The van der Waals surface area contributed by atoms with Gasteiger partial charge in [-0.1, -0.05) is 0 Å². The van der Waals surface area contributed by atoms with Gasteiger partial charge in [-0.2, -0.15) is 0 Å². The highest BCUT2D eigenvalue weighted by Gasteiger charge is 2.39. The molecule has 0 saturated carbocycles. The summed E-state index contributed by atoms with van der Waals surface area (Å²) in [5.41, 5.74) is -0.967. The molecular formula is C13H15IN2O6S. The molecule has 126 valence electrons. The summed E-state index contributed by atoms with van der Waals surface area (Å²) in [7, 11) is 0. The van der Waals surface area contributed by atoms with Crippen LogP contribution in [0, 0.1) is 3.57 Å². The average Bonchev–Trinajstić information content (AvgIpc) is 2.82. The Hall–Kier alpha value is -1.30. The number of nitrogens with zero attached hydrogens (tertiary/aromatic N) is 1. The normalized spacial score (nSPS) is 23.5. The molecule has 1 saturated heterocycles. The van der Waals surface area contributed by atoms with Crippen molar-refractivity contribution >= 4 is 46.3 Å². The summed E-state index contributed by atoms with van der Waals surface area (Å²) in [5, 5.41) is -0.595. The summed E-state index contributed by atoms with van der Waals surface area (Å²) in [4.78, 5) is 47.9. The van der Waals surface area contributed by atoms with Gasteiger partial charge in [-0.25, -0.2) is 4.79 Å². The highest BCUT2D eigenvalue weighted by Crippen LogP contribution is 2.42. The van der Waals surface area contributed by atoms with Crippen molar-refractivity contribution in [2.24, 2.45) is 0 Å². The molecule has 1 N–H and O–H groups in total. The first-order chi connectivity index (χ1) is 10.8. The third-order valence-corrected chi connectivity index (χ3v) is 5.47. The molecule has 0 radical (unpaired) electrons. The fourth-order valence-electron chi connectivity index (χ4n) is 2.23. The lowest BCUT2D eigenvalue weighted by Gasteiger charge is -2.17. The van der Waals surface area contributed by atoms with E-state index in [1.165, 1.54) is 36.4 Å². The Morgan fingerprint density at radius 3 is 2.70 bits per heavy atom. The molecule has 3 atom stereocenters. The maximum atomic E-state index is 12.0. The zero-order valence-electron chi connectivity index (χ0n) is 12.4. The molecule has 2 heterocycles. The van der Waals surface area contributed by atoms with Gasteiger partial charge < -0.3 is 9.47 Å². The number of thioether (sulfide) groups is 1. The van der Waals surface area contributed by atoms with Gasteiger partial charge in [-0.05, 0) is 22.6 Å². The van der Waals surface area contributed by atoms with Crippen molar-refractivity contribution < 1.29 is 19.1 Å². The van der Waals surface area contributed by atoms with Gasteiger partial charge in [-0.3, -0.25) is 23.9 Å². The zero-order chi connectivity index (χ0) is 17.1. The lowest BCUT2D eigenvalue weighted by Crippen LogP contribution is -2.32. The summed E-state index contributed by atoms with van der Waals surface area (Å²) >= 11 is 3.21. The Bertz CT molecular complexity index is 730. The predicted octanol–water partition coefficient (Wildman–Crippen LogP) is 0.640. The molecule has 0 bridgehead atoms. The first-order valence-corrected chi connectivity index (χ1v) is 8.77. The minimum Gasteiger partial charge on any atom is -0.465 e. The fourth-order valence-corrected chi connectivity index (χ4v) is 4.15. The number of H-pyrrole nitrogens is 1. The standard InChI is InChI=1S/C13H15IN2O6S/c1-6(17)21-5-10-9(22-7(2)18)3-11(23-10)16-4-8(14)12(19)15-13(16)20/h4,9-11H,3,5H2,1-2H3,(H,15,19,20)/t9-,10+,11+/m0/s1. The third kappa shape index (κ3) is 4.59. The number of aromatic nitrogens is 2. The summed E-state index contributed by atoms with van der Waals surface area (Å²) in [6.45, 7) is 2.69. The van der Waals surface area contributed by atoms with Crippen molar-refractivity contribution in [2.75, 3.05) is 6.61 Å². The van der Waals surface area contributed by atoms with Crippen molar-refractivity contribution in [3.8, 4) is 0 Å². The van der Waals surface area contributed by atoms with Crippen LogP contribution in [0.15, 0.2) is 15.8 Å². The number of halogens is 1. The summed E-state index contributed by atoms with van der Waals surface area (Å²) in [5.74, 6) is -0.862. The number of rotatable bonds is 4. The van der Waals surface area contributed by atoms with E-state index in [4.69, 9.17) is 9.47 Å². The van der Waals surface area contributed by atoms with Crippen LogP contribution in [0.1, 0.15) is 25.6 Å². The number of ether oxygens (including phenoxy) is 2. The highest BCUT2D eigenvalue weighted by atomic mass is 127. The van der Waals surface area contributed by atoms with Crippen LogP contribution in [0.25, 0.3) is 0 Å². The Labute approximate surface area is 149 Å². The van der Waals surface area contributed by atoms with Crippen LogP contribution in [0.3, 0.4) is 0 Å². The lowest BCUT2D eigenvalue weighted by molar-refractivity contribution is -0.148. The number of carbonyl (C=O) groups is 2. The van der Waals surface area contributed by atoms with Crippen molar-refractivity contribution in [1.82, 2.24) is 9.55 Å². The second kappa shape index (κ2) is 7.51. The van der Waals surface area contributed by atoms with Crippen LogP contribution in [0.4, 0.5) is 0 Å². The van der Waals surface area contributed by atoms with Crippen molar-refractivity contribution in [2.45, 2.75) is 37.0 Å². The summed E-state index contributed by atoms with van der Waals surface area (Å²) < 4.78 is 12.0. The van der Waals surface area contributed by atoms with Crippen molar-refractivity contribution in [3.05, 3.63) is 30.6 Å². The van der Waals surface area contributed by atoms with Gasteiger partial charge in [0.25, 0.3) is 5.56 Å². The minimum absolute atomic E-state index is 0.0869. The Kier molecular flexibility index (Phi) is 5.89. The molecule has 10 heteroatoms. The van der Waals surface area contributed by atoms with Gasteiger partial charge in [0, 0.05) is 26.5 Å². The maximum absolute atomic E-state index is 12.0. The predicted molar refractivity (Wildman–Crippen MR) is 91.3 cm³/mol. The van der Waals surface area contributed by atoms with Gasteiger partial charge in [0.05, 0.1) is 14.2 Å². The molecule has 1 fully saturated rings. The molecule has 1 aromatic rings. The number of esters is 2. The number of hydrogen-bond donors (Lipinski definition) is 1. The molecule has 0 aromatic carbocycles. The fraction of sp³-hybridized carbons (Fsp3) is 0.538. The molecule has 8 nitrogen and oxygen atoms in total. The molecule has 2 rings (SSSR count). The molecule has 1 aliphatic heterocycles. The van der Waals surface area contributed by atoms with Gasteiger partial charge in [0.2, 0.25) is 0 Å². The van der Waals surface area contributed by atoms with Gasteiger partial charge >= 0.3 is 17.6 Å². The van der Waals surface area contributed by atoms with E-state index in [-0.39, 0.29) is 17.2 Å². The highest BCUT2D eigenvalue weighted by molar-refractivity contribution is 14.1. The molecule has 1 aliphatic rings. The topological polar surface area (TPSA) is 107 Å². The monoisotopic (exact) mass is 454 g/mol. The van der Waals surface area contributed by atoms with E-state index in [9.17, 15) is 19.2 Å². The second-order valence-corrected chi connectivity index (χ2v) is 7.54. The lowest BCUT2D eigenvalue weighted by atomic mass is 10.2. The van der Waals surface area contributed by atoms with Gasteiger partial charge in [-0.15, -0.1) is 11.8 Å². The molecular weight excluding hydrogens is 439 g/mol. The third-order valence-electron chi connectivity index (χ3n) is 3.18. The summed E-state index contributed by atoms with van der Waals surface area (Å²) in [6, 6.07) is 0. The van der Waals surface area contributed by atoms with E-state index in [0.29, 0.717) is 9.99 Å². The largest absolute Gasteiger partial charge is 0.465 e. The number of aromatic amines is 1. The SMILES string of the molecule is CC(=O)OC[C@H]1S[C@@H](n2cc(I)c(=O)[nH]c2=O)C[C@@H]1OC(C)=O. The molecule has 0 spiro atoms. The molecule has 0 amide bonds. The zero-order valence-corrected chi connectivity index (χ0v) is 15.4. The Morgan fingerprint density at radius 1 is 1.39 bits per heavy atom. The minimum atomic E-state index is -0.525. The Morgan fingerprint density at radius 2 is 2.09 bits per heavy atom. The quantitative estimate of drug-likeness (QED) is 0.526. The smallest absolute Gasteiger partial charge is 0.329 e. The van der Waals surface area contributed by atoms with Crippen molar-refractivity contribution in [3.63, 3.8) is 0 Å².